The molecule has 0 radical (unpaired) electrons. The lowest BCUT2D eigenvalue weighted by Gasteiger charge is -2.09. The first-order valence-corrected chi connectivity index (χ1v) is 5.51. The molecule has 0 saturated heterocycles. The molecule has 0 bridgehead atoms. The largest absolute Gasteiger partial charge is 0.516 e. The number of carbonyl (C=O) groups is 1. The van der Waals surface area contributed by atoms with Crippen LogP contribution in [0.25, 0.3) is 0 Å². The average molecular weight is 271 g/mol. The fraction of sp³-hybridized carbons (Fsp3) is 0.125. The minimum Gasteiger partial charge on any atom is -0.268 e. The number of nitrogens with one attached hydrogen (secondary N) is 1. The van der Waals surface area contributed by atoms with E-state index >= 15 is 0 Å². The van der Waals surface area contributed by atoms with Crippen molar-refractivity contribution in [2.24, 2.45) is 0 Å². The quantitative estimate of drug-likeness (QED) is 0.827. The molecule has 1 rings (SSSR count). The van der Waals surface area contributed by atoms with Gasteiger partial charge in [-0.05, 0) is 12.1 Å². The van der Waals surface area contributed by atoms with Gasteiger partial charge in [0.15, 0.2) is 0 Å². The van der Waals surface area contributed by atoms with Crippen molar-refractivity contribution in [3.05, 3.63) is 35.6 Å². The molecule has 0 unspecified atom stereocenters. The Morgan fingerprint density at radius 2 is 1.71 bits per heavy atom. The fourth-order valence-corrected chi connectivity index (χ4v) is 1.35. The smallest absolute Gasteiger partial charge is 0.268 e. The Hall–Kier alpha value is -1.64. The van der Waals surface area contributed by atoms with E-state index < -0.39 is 32.8 Å². The maximum atomic E-state index is 13.0. The molecule has 9 heteroatoms. The Morgan fingerprint density at radius 1 is 1.18 bits per heavy atom. The van der Waals surface area contributed by atoms with Crippen LogP contribution in [0.2, 0.25) is 0 Å². The number of benzene rings is 1. The number of alkyl halides is 3. The van der Waals surface area contributed by atoms with E-state index in [-0.39, 0.29) is 0 Å². The van der Waals surface area contributed by atoms with E-state index in [9.17, 15) is 30.8 Å². The highest BCUT2D eigenvalue weighted by Gasteiger charge is 2.47. The van der Waals surface area contributed by atoms with Gasteiger partial charge in [-0.3, -0.25) is 4.79 Å². The highest BCUT2D eigenvalue weighted by molar-refractivity contribution is 7.90. The average Bonchev–Trinajstić information content (AvgIpc) is 2.15. The van der Waals surface area contributed by atoms with Crippen LogP contribution < -0.4 is 4.72 Å². The molecule has 0 aromatic heterocycles. The summed E-state index contributed by atoms with van der Waals surface area (Å²) in [5.74, 6) is -2.80. The van der Waals surface area contributed by atoms with Gasteiger partial charge in [-0.1, -0.05) is 12.1 Å². The number of amides is 1. The number of halogens is 4. The molecule has 0 heterocycles. The topological polar surface area (TPSA) is 63.2 Å². The summed E-state index contributed by atoms with van der Waals surface area (Å²) in [6.07, 6.45) is 0. The van der Waals surface area contributed by atoms with Crippen LogP contribution in [0.15, 0.2) is 24.3 Å². The highest BCUT2D eigenvalue weighted by atomic mass is 32.2. The van der Waals surface area contributed by atoms with Gasteiger partial charge in [0, 0.05) is 0 Å². The van der Waals surface area contributed by atoms with Gasteiger partial charge >= 0.3 is 15.5 Å². The van der Waals surface area contributed by atoms with Crippen LogP contribution >= 0.6 is 0 Å². The third kappa shape index (κ3) is 2.93. The molecule has 0 aliphatic heterocycles. The maximum absolute atomic E-state index is 13.0. The maximum Gasteiger partial charge on any atom is 0.516 e. The van der Waals surface area contributed by atoms with Gasteiger partial charge in [-0.2, -0.15) is 21.6 Å². The SMILES string of the molecule is O=C(NS(=O)(=O)C(F)(F)F)c1ccccc1F. The number of hydrogen-bond donors (Lipinski definition) is 1. The third-order valence-electron chi connectivity index (χ3n) is 1.65. The second kappa shape index (κ2) is 4.32. The summed E-state index contributed by atoms with van der Waals surface area (Å²) >= 11 is 0. The number of hydrogen-bond acceptors (Lipinski definition) is 3. The molecule has 0 fully saturated rings. The molecular formula is C8H5F4NO3S. The molecule has 0 aliphatic carbocycles. The Kier molecular flexibility index (Phi) is 3.41. The molecule has 0 saturated carbocycles. The highest BCUT2D eigenvalue weighted by Crippen LogP contribution is 2.22. The molecule has 1 aromatic carbocycles. The van der Waals surface area contributed by atoms with Gasteiger partial charge in [0.05, 0.1) is 5.56 Å². The van der Waals surface area contributed by atoms with Gasteiger partial charge < -0.3 is 0 Å². The molecule has 0 spiro atoms. The molecule has 0 aliphatic rings. The van der Waals surface area contributed by atoms with Gasteiger partial charge in [0.25, 0.3) is 5.91 Å². The van der Waals surface area contributed by atoms with E-state index in [2.05, 4.69) is 0 Å². The first-order valence-electron chi connectivity index (χ1n) is 4.03. The summed E-state index contributed by atoms with van der Waals surface area (Å²) in [6, 6.07) is 4.05. The zero-order chi connectivity index (χ0) is 13.3. The van der Waals surface area contributed by atoms with Crippen LogP contribution in [-0.4, -0.2) is 19.8 Å². The fourth-order valence-electron chi connectivity index (χ4n) is 0.880. The molecule has 1 aromatic rings. The standard InChI is InChI=1S/C8H5F4NO3S/c9-6-4-2-1-3-5(6)7(14)13-17(15,16)8(10,11)12/h1-4H,(H,13,14). The monoisotopic (exact) mass is 271 g/mol. The summed E-state index contributed by atoms with van der Waals surface area (Å²) in [5, 5.41) is 0. The van der Waals surface area contributed by atoms with Crippen LogP contribution in [0.1, 0.15) is 10.4 Å². The van der Waals surface area contributed by atoms with Crippen LogP contribution in [0.3, 0.4) is 0 Å². The summed E-state index contributed by atoms with van der Waals surface area (Å²) < 4.78 is 70.6. The van der Waals surface area contributed by atoms with Crippen molar-refractivity contribution in [1.29, 1.82) is 0 Å². The predicted octanol–water partition coefficient (Wildman–Crippen LogP) is 1.41. The van der Waals surface area contributed by atoms with E-state index in [1.165, 1.54) is 12.1 Å². The summed E-state index contributed by atoms with van der Waals surface area (Å²) in [6.45, 7) is 0. The lowest BCUT2D eigenvalue weighted by Crippen LogP contribution is -2.40. The predicted molar refractivity (Wildman–Crippen MR) is 48.8 cm³/mol. The molecule has 0 atom stereocenters. The first-order chi connectivity index (χ1) is 7.65. The first kappa shape index (κ1) is 13.4. The second-order valence-electron chi connectivity index (χ2n) is 2.86. The van der Waals surface area contributed by atoms with Crippen LogP contribution in [-0.2, 0) is 10.0 Å². The molecule has 94 valence electrons. The second-order valence-corrected chi connectivity index (χ2v) is 4.53. The summed E-state index contributed by atoms with van der Waals surface area (Å²) in [4.78, 5) is 11.1. The van der Waals surface area contributed by atoms with E-state index in [0.717, 1.165) is 16.9 Å². The molecule has 17 heavy (non-hydrogen) atoms. The van der Waals surface area contributed by atoms with Crippen molar-refractivity contribution < 1.29 is 30.8 Å². The molecule has 1 N–H and O–H groups in total. The van der Waals surface area contributed by atoms with Crippen molar-refractivity contribution in [2.45, 2.75) is 5.51 Å². The Balaban J connectivity index is 3.00. The number of sulfonamides is 1. The zero-order valence-corrected chi connectivity index (χ0v) is 8.77. The number of carbonyl (C=O) groups excluding carboxylic acids is 1. The third-order valence-corrected chi connectivity index (χ3v) is 2.71. The number of rotatable bonds is 2. The minimum absolute atomic E-state index is 0.722. The van der Waals surface area contributed by atoms with E-state index in [0.29, 0.717) is 0 Å². The van der Waals surface area contributed by atoms with Crippen LogP contribution in [0, 0.1) is 5.82 Å². The Bertz CT molecular complexity index is 538. The van der Waals surface area contributed by atoms with Crippen LogP contribution in [0.4, 0.5) is 17.6 Å². The van der Waals surface area contributed by atoms with Gasteiger partial charge in [-0.25, -0.2) is 9.11 Å². The van der Waals surface area contributed by atoms with Crippen molar-refractivity contribution >= 4 is 15.9 Å². The van der Waals surface area contributed by atoms with E-state index in [1.54, 1.807) is 0 Å². The summed E-state index contributed by atoms with van der Waals surface area (Å²) in [7, 11) is -5.83. The minimum atomic E-state index is -5.83. The molecule has 1 amide bonds. The molecule has 4 nitrogen and oxygen atoms in total. The van der Waals surface area contributed by atoms with E-state index in [1.807, 2.05) is 0 Å². The lowest BCUT2D eigenvalue weighted by atomic mass is 10.2. The van der Waals surface area contributed by atoms with Gasteiger partial charge in [0.2, 0.25) is 0 Å². The summed E-state index contributed by atoms with van der Waals surface area (Å²) in [5.41, 5.74) is -6.42. The molecular weight excluding hydrogens is 266 g/mol. The lowest BCUT2D eigenvalue weighted by molar-refractivity contribution is -0.0446. The van der Waals surface area contributed by atoms with Crippen molar-refractivity contribution in [2.75, 3.05) is 0 Å². The normalized spacial score (nSPS) is 12.2. The Morgan fingerprint density at radius 3 is 2.18 bits per heavy atom. The van der Waals surface area contributed by atoms with Gasteiger partial charge in [0.1, 0.15) is 5.82 Å². The van der Waals surface area contributed by atoms with Crippen LogP contribution in [0.5, 0.6) is 0 Å². The van der Waals surface area contributed by atoms with E-state index in [4.69, 9.17) is 0 Å². The van der Waals surface area contributed by atoms with Crippen molar-refractivity contribution in [3.63, 3.8) is 0 Å². The van der Waals surface area contributed by atoms with Crippen molar-refractivity contribution in [3.8, 4) is 0 Å². The van der Waals surface area contributed by atoms with Gasteiger partial charge in [-0.15, -0.1) is 0 Å². The Labute approximate surface area is 93.3 Å². The zero-order valence-electron chi connectivity index (χ0n) is 7.95. The van der Waals surface area contributed by atoms with Crippen molar-refractivity contribution in [1.82, 2.24) is 4.72 Å².